The Kier molecular flexibility index (Phi) is 8.46. The molecule has 2 fully saturated rings. The summed E-state index contributed by atoms with van der Waals surface area (Å²) in [5.74, 6) is 1.13. The standard InChI is InChI=1S/C28H33Br2ClN4O2/c29-21-13-20-3-1-2-19-14-22(31)15-23(30)25(19)26(27(20)33-16-21)18-6-10-34(11-7-18)24(36)12-17-4-8-35(9-5-17)28(32)37/h13-18,26H,1-12H2,(H2,32,37). The minimum Gasteiger partial charge on any atom is -0.351 e. The maximum atomic E-state index is 13.2. The maximum absolute atomic E-state index is 13.2. The number of aromatic nitrogens is 1. The molecule has 2 aromatic rings. The average molecular weight is 653 g/mol. The molecule has 1 unspecified atom stereocenters. The van der Waals surface area contributed by atoms with Crippen molar-refractivity contribution in [2.24, 2.45) is 17.6 Å². The second-order valence-corrected chi connectivity index (χ2v) is 12.9. The summed E-state index contributed by atoms with van der Waals surface area (Å²) >= 11 is 13.9. The quantitative estimate of drug-likeness (QED) is 0.423. The summed E-state index contributed by atoms with van der Waals surface area (Å²) in [4.78, 5) is 33.3. The summed E-state index contributed by atoms with van der Waals surface area (Å²) in [6, 6.07) is 6.00. The van der Waals surface area contributed by atoms with Gasteiger partial charge < -0.3 is 15.5 Å². The lowest BCUT2D eigenvalue weighted by molar-refractivity contribution is -0.134. The molecule has 6 nitrogen and oxygen atoms in total. The molecule has 9 heteroatoms. The molecule has 0 radical (unpaired) electrons. The van der Waals surface area contributed by atoms with Gasteiger partial charge in [0, 0.05) is 58.7 Å². The highest BCUT2D eigenvalue weighted by Crippen LogP contribution is 2.45. The van der Waals surface area contributed by atoms with Crippen molar-refractivity contribution in [3.05, 3.63) is 60.7 Å². The molecule has 1 atom stereocenters. The zero-order chi connectivity index (χ0) is 26.1. The lowest BCUT2D eigenvalue weighted by Gasteiger charge is -2.39. The number of nitrogens with zero attached hydrogens (tertiary/aromatic N) is 3. The molecule has 1 aromatic carbocycles. The van der Waals surface area contributed by atoms with Crippen molar-refractivity contribution in [1.29, 1.82) is 0 Å². The van der Waals surface area contributed by atoms with Gasteiger partial charge in [0.2, 0.25) is 5.91 Å². The van der Waals surface area contributed by atoms with E-state index in [4.69, 9.17) is 22.3 Å². The zero-order valence-corrected chi connectivity index (χ0v) is 24.8. The first-order valence-corrected chi connectivity index (χ1v) is 15.2. The predicted molar refractivity (Wildman–Crippen MR) is 153 cm³/mol. The highest BCUT2D eigenvalue weighted by atomic mass is 79.9. The number of likely N-dealkylation sites (tertiary alicyclic amines) is 2. The molecular formula is C28H33Br2ClN4O2. The number of hydrogen-bond acceptors (Lipinski definition) is 3. The predicted octanol–water partition coefficient (Wildman–Crippen LogP) is 6.30. The van der Waals surface area contributed by atoms with Gasteiger partial charge in [0.25, 0.3) is 0 Å². The van der Waals surface area contributed by atoms with E-state index in [0.717, 1.165) is 77.7 Å². The Bertz CT molecular complexity index is 1180. The van der Waals surface area contributed by atoms with E-state index >= 15 is 0 Å². The van der Waals surface area contributed by atoms with Crippen LogP contribution in [0.4, 0.5) is 4.79 Å². The van der Waals surface area contributed by atoms with Crippen LogP contribution in [-0.2, 0) is 17.6 Å². The van der Waals surface area contributed by atoms with E-state index in [-0.39, 0.29) is 17.9 Å². The molecule has 0 bridgehead atoms. The van der Waals surface area contributed by atoms with Gasteiger partial charge in [-0.05, 0) is 108 Å². The van der Waals surface area contributed by atoms with Crippen LogP contribution >= 0.6 is 43.5 Å². The number of nitrogens with two attached hydrogens (primary N) is 1. The number of halogens is 3. The first-order valence-electron chi connectivity index (χ1n) is 13.2. The van der Waals surface area contributed by atoms with Crippen LogP contribution in [0.3, 0.4) is 0 Å². The van der Waals surface area contributed by atoms with Gasteiger partial charge in [-0.15, -0.1) is 0 Å². The molecule has 3 aliphatic rings. The minimum atomic E-state index is -0.361. The van der Waals surface area contributed by atoms with Gasteiger partial charge >= 0.3 is 6.03 Å². The largest absolute Gasteiger partial charge is 0.351 e. The van der Waals surface area contributed by atoms with Crippen LogP contribution in [0.15, 0.2) is 33.3 Å². The number of urea groups is 1. The number of carbonyl (C=O) groups excluding carboxylic acids is 2. The van der Waals surface area contributed by atoms with Crippen LogP contribution in [0.5, 0.6) is 0 Å². The number of benzene rings is 1. The van der Waals surface area contributed by atoms with Crippen LogP contribution < -0.4 is 5.73 Å². The Morgan fingerprint density at radius 2 is 1.65 bits per heavy atom. The Morgan fingerprint density at radius 1 is 0.973 bits per heavy atom. The molecule has 1 aliphatic carbocycles. The molecule has 3 amide bonds. The van der Waals surface area contributed by atoms with Gasteiger partial charge in [0.15, 0.2) is 0 Å². The van der Waals surface area contributed by atoms with Crippen molar-refractivity contribution < 1.29 is 9.59 Å². The van der Waals surface area contributed by atoms with E-state index in [1.165, 1.54) is 16.7 Å². The Hall–Kier alpha value is -1.64. The number of hydrogen-bond donors (Lipinski definition) is 1. The molecule has 2 aliphatic heterocycles. The summed E-state index contributed by atoms with van der Waals surface area (Å²) in [6.45, 7) is 2.84. The van der Waals surface area contributed by atoms with Crippen LogP contribution in [0.2, 0.25) is 5.02 Å². The molecule has 37 heavy (non-hydrogen) atoms. The van der Waals surface area contributed by atoms with Crippen molar-refractivity contribution in [3.63, 3.8) is 0 Å². The summed E-state index contributed by atoms with van der Waals surface area (Å²) in [7, 11) is 0. The van der Waals surface area contributed by atoms with E-state index in [0.29, 0.717) is 31.3 Å². The van der Waals surface area contributed by atoms with Crippen molar-refractivity contribution in [2.75, 3.05) is 26.2 Å². The summed E-state index contributed by atoms with van der Waals surface area (Å²) in [5.41, 5.74) is 10.5. The fraction of sp³-hybridized carbons (Fsp3) is 0.536. The van der Waals surface area contributed by atoms with E-state index < -0.39 is 0 Å². The monoisotopic (exact) mass is 650 g/mol. The van der Waals surface area contributed by atoms with Gasteiger partial charge in [0.05, 0.1) is 5.69 Å². The maximum Gasteiger partial charge on any atom is 0.314 e. The third-order valence-electron chi connectivity index (χ3n) is 8.40. The highest BCUT2D eigenvalue weighted by molar-refractivity contribution is 9.10. The van der Waals surface area contributed by atoms with Crippen molar-refractivity contribution >= 4 is 55.4 Å². The number of carbonyl (C=O) groups is 2. The van der Waals surface area contributed by atoms with E-state index in [1.807, 2.05) is 17.2 Å². The van der Waals surface area contributed by atoms with E-state index in [1.54, 1.807) is 4.90 Å². The van der Waals surface area contributed by atoms with Crippen LogP contribution in [0.1, 0.15) is 66.8 Å². The molecular weight excluding hydrogens is 620 g/mol. The molecule has 0 saturated carbocycles. The Morgan fingerprint density at radius 3 is 2.35 bits per heavy atom. The van der Waals surface area contributed by atoms with Crippen molar-refractivity contribution in [2.45, 2.75) is 57.3 Å². The summed E-state index contributed by atoms with van der Waals surface area (Å²) in [6.07, 6.45) is 9.10. The fourth-order valence-electron chi connectivity index (χ4n) is 6.45. The molecule has 5 rings (SSSR count). The van der Waals surface area contributed by atoms with Crippen LogP contribution in [-0.4, -0.2) is 52.9 Å². The summed E-state index contributed by atoms with van der Waals surface area (Å²) in [5, 5.41) is 0.760. The topological polar surface area (TPSA) is 79.5 Å². The number of aryl methyl sites for hydroxylation is 2. The molecule has 0 spiro atoms. The van der Waals surface area contributed by atoms with Gasteiger partial charge in [-0.1, -0.05) is 27.5 Å². The molecule has 3 heterocycles. The molecule has 2 N–H and O–H groups in total. The summed E-state index contributed by atoms with van der Waals surface area (Å²) < 4.78 is 2.07. The smallest absolute Gasteiger partial charge is 0.314 e. The highest BCUT2D eigenvalue weighted by Gasteiger charge is 2.36. The van der Waals surface area contributed by atoms with Gasteiger partial charge in [-0.2, -0.15) is 0 Å². The third-order valence-corrected chi connectivity index (χ3v) is 9.71. The Labute approximate surface area is 240 Å². The van der Waals surface area contributed by atoms with Crippen molar-refractivity contribution in [3.8, 4) is 0 Å². The van der Waals surface area contributed by atoms with E-state index in [2.05, 4.69) is 44.0 Å². The third kappa shape index (κ3) is 6.01. The normalized spacial score (nSPS) is 21.1. The van der Waals surface area contributed by atoms with Gasteiger partial charge in [-0.25, -0.2) is 4.79 Å². The first-order chi connectivity index (χ1) is 17.8. The number of rotatable bonds is 3. The number of piperidine rings is 2. The molecule has 2 saturated heterocycles. The Balaban J connectivity index is 1.32. The van der Waals surface area contributed by atoms with E-state index in [9.17, 15) is 9.59 Å². The zero-order valence-electron chi connectivity index (χ0n) is 20.9. The van der Waals surface area contributed by atoms with Crippen LogP contribution in [0.25, 0.3) is 0 Å². The van der Waals surface area contributed by atoms with Gasteiger partial charge in [0.1, 0.15) is 0 Å². The number of pyridine rings is 1. The lowest BCUT2D eigenvalue weighted by Crippen LogP contribution is -2.44. The number of primary amides is 1. The molecule has 1 aromatic heterocycles. The first kappa shape index (κ1) is 26.9. The second kappa shape index (κ2) is 11.6. The average Bonchev–Trinajstić information content (AvgIpc) is 2.86. The number of fused-ring (bicyclic) bond motifs is 2. The fourth-order valence-corrected chi connectivity index (χ4v) is 7.95. The second-order valence-electron chi connectivity index (χ2n) is 10.7. The lowest BCUT2D eigenvalue weighted by atomic mass is 9.73. The van der Waals surface area contributed by atoms with Gasteiger partial charge in [-0.3, -0.25) is 9.78 Å². The minimum absolute atomic E-state index is 0.167. The number of amides is 3. The SMILES string of the molecule is NC(=O)N1CCC(CC(=O)N2CCC(C3c4ncc(Br)cc4CCCc4cc(Cl)cc(Br)c43)CC2)CC1. The molecule has 198 valence electrons. The van der Waals surface area contributed by atoms with Crippen LogP contribution in [0, 0.1) is 11.8 Å². The van der Waals surface area contributed by atoms with Crippen molar-refractivity contribution in [1.82, 2.24) is 14.8 Å².